The number of halogens is 1. The van der Waals surface area contributed by atoms with Gasteiger partial charge in [0.2, 0.25) is 5.91 Å². The van der Waals surface area contributed by atoms with Gasteiger partial charge in [-0.05, 0) is 48.4 Å². The largest absolute Gasteiger partial charge is 0.427 e. The predicted molar refractivity (Wildman–Crippen MR) is 118 cm³/mol. The molecule has 0 spiro atoms. The fraction of sp³-hybridized carbons (Fsp3) is 0.261. The van der Waals surface area contributed by atoms with Crippen molar-refractivity contribution in [3.05, 3.63) is 70.2 Å². The third-order valence-electron chi connectivity index (χ3n) is 4.70. The fourth-order valence-corrected chi connectivity index (χ4v) is 3.68. The Morgan fingerprint density at radius 1 is 0.967 bits per heavy atom. The predicted octanol–water partition coefficient (Wildman–Crippen LogP) is 3.76. The van der Waals surface area contributed by atoms with Gasteiger partial charge in [-0.25, -0.2) is 0 Å². The first-order valence-electron chi connectivity index (χ1n) is 9.73. The van der Waals surface area contributed by atoms with Crippen molar-refractivity contribution >= 4 is 39.8 Å². The maximum absolute atomic E-state index is 12.9. The molecular formula is C23H23BrN2O4. The van der Waals surface area contributed by atoms with Gasteiger partial charge in [-0.3, -0.25) is 14.4 Å². The molecule has 0 unspecified atom stereocenters. The zero-order valence-corrected chi connectivity index (χ0v) is 18.3. The Balaban J connectivity index is 1.61. The first kappa shape index (κ1) is 21.8. The highest BCUT2D eigenvalue weighted by Gasteiger charge is 2.22. The van der Waals surface area contributed by atoms with Crippen molar-refractivity contribution < 1.29 is 19.1 Å². The Bertz CT molecular complexity index is 973. The van der Waals surface area contributed by atoms with Crippen LogP contribution in [0.3, 0.4) is 0 Å². The molecule has 0 atom stereocenters. The molecule has 0 aromatic heterocycles. The molecule has 2 aromatic rings. The van der Waals surface area contributed by atoms with E-state index in [0.717, 1.165) is 10.0 Å². The highest BCUT2D eigenvalue weighted by molar-refractivity contribution is 9.10. The van der Waals surface area contributed by atoms with E-state index in [2.05, 4.69) is 15.9 Å². The van der Waals surface area contributed by atoms with E-state index in [1.54, 1.807) is 46.2 Å². The van der Waals surface area contributed by atoms with Gasteiger partial charge in [-0.15, -0.1) is 0 Å². The Hall–Kier alpha value is -2.93. The number of hydrogen-bond donors (Lipinski definition) is 0. The molecule has 0 N–H and O–H groups in total. The molecule has 0 aliphatic carbocycles. The standard InChI is InChI=1S/C23H23BrN2O4/c1-17(27)30-21-8-3-6-19(16-21)23(29)26-12-4-11-25(13-14-26)22(28)10-9-18-5-2-7-20(24)15-18/h2-3,5-10,15-16H,4,11-14H2,1H3/b10-9+. The van der Waals surface area contributed by atoms with Crippen LogP contribution in [-0.2, 0) is 9.59 Å². The number of amides is 2. The van der Waals surface area contributed by atoms with Crippen LogP contribution in [0, 0.1) is 0 Å². The quantitative estimate of drug-likeness (QED) is 0.387. The molecule has 0 bridgehead atoms. The maximum atomic E-state index is 12.9. The summed E-state index contributed by atoms with van der Waals surface area (Å²) in [5.74, 6) is -0.291. The zero-order chi connectivity index (χ0) is 21.5. The van der Waals surface area contributed by atoms with Gasteiger partial charge in [0.25, 0.3) is 5.91 Å². The molecule has 1 fully saturated rings. The molecule has 30 heavy (non-hydrogen) atoms. The van der Waals surface area contributed by atoms with Crippen molar-refractivity contribution in [2.45, 2.75) is 13.3 Å². The van der Waals surface area contributed by atoms with E-state index in [1.165, 1.54) is 6.92 Å². The van der Waals surface area contributed by atoms with Gasteiger partial charge in [-0.1, -0.05) is 34.1 Å². The summed E-state index contributed by atoms with van der Waals surface area (Å²) in [5, 5.41) is 0. The second-order valence-electron chi connectivity index (χ2n) is 6.98. The molecule has 1 aliphatic heterocycles. The van der Waals surface area contributed by atoms with Crippen molar-refractivity contribution in [1.29, 1.82) is 0 Å². The average Bonchev–Trinajstić information content (AvgIpc) is 2.97. The third kappa shape index (κ3) is 6.03. The van der Waals surface area contributed by atoms with Gasteiger partial charge >= 0.3 is 5.97 Å². The van der Waals surface area contributed by atoms with E-state index in [-0.39, 0.29) is 11.8 Å². The average molecular weight is 471 g/mol. The smallest absolute Gasteiger partial charge is 0.308 e. The van der Waals surface area contributed by atoms with Crippen LogP contribution in [0.25, 0.3) is 6.08 Å². The summed E-state index contributed by atoms with van der Waals surface area (Å²) in [6.07, 6.45) is 4.06. The van der Waals surface area contributed by atoms with Crippen LogP contribution in [0.5, 0.6) is 5.75 Å². The Morgan fingerprint density at radius 3 is 2.47 bits per heavy atom. The normalized spacial score (nSPS) is 14.5. The minimum Gasteiger partial charge on any atom is -0.427 e. The lowest BCUT2D eigenvalue weighted by atomic mass is 10.2. The summed E-state index contributed by atoms with van der Waals surface area (Å²) in [6, 6.07) is 14.3. The van der Waals surface area contributed by atoms with Crippen LogP contribution in [-0.4, -0.2) is 53.8 Å². The summed E-state index contributed by atoms with van der Waals surface area (Å²) in [5.41, 5.74) is 1.40. The molecule has 156 valence electrons. The molecule has 1 heterocycles. The lowest BCUT2D eigenvalue weighted by Gasteiger charge is -2.21. The van der Waals surface area contributed by atoms with Crippen molar-refractivity contribution in [3.8, 4) is 5.75 Å². The number of carbonyl (C=O) groups is 3. The van der Waals surface area contributed by atoms with E-state index in [4.69, 9.17) is 4.74 Å². The van der Waals surface area contributed by atoms with Crippen molar-refractivity contribution in [1.82, 2.24) is 9.80 Å². The fourth-order valence-electron chi connectivity index (χ4n) is 3.27. The number of hydrogen-bond acceptors (Lipinski definition) is 4. The molecule has 1 saturated heterocycles. The third-order valence-corrected chi connectivity index (χ3v) is 5.20. The molecule has 0 radical (unpaired) electrons. The van der Waals surface area contributed by atoms with Gasteiger partial charge in [0.15, 0.2) is 0 Å². The second kappa shape index (κ2) is 10.2. The van der Waals surface area contributed by atoms with E-state index < -0.39 is 5.97 Å². The van der Waals surface area contributed by atoms with Gasteiger partial charge in [0.05, 0.1) is 0 Å². The molecule has 7 heteroatoms. The molecule has 2 aromatic carbocycles. The van der Waals surface area contributed by atoms with Crippen LogP contribution >= 0.6 is 15.9 Å². The Labute approximate surface area is 184 Å². The van der Waals surface area contributed by atoms with E-state index in [0.29, 0.717) is 43.9 Å². The monoisotopic (exact) mass is 470 g/mol. The van der Waals surface area contributed by atoms with Crippen LogP contribution < -0.4 is 4.74 Å². The lowest BCUT2D eigenvalue weighted by molar-refractivity contribution is -0.132. The zero-order valence-electron chi connectivity index (χ0n) is 16.7. The first-order valence-corrected chi connectivity index (χ1v) is 10.5. The van der Waals surface area contributed by atoms with Gasteiger partial charge in [0, 0.05) is 49.2 Å². The molecule has 2 amide bonds. The molecule has 3 rings (SSSR count). The Kier molecular flexibility index (Phi) is 7.41. The number of ether oxygens (including phenoxy) is 1. The Morgan fingerprint density at radius 2 is 1.70 bits per heavy atom. The van der Waals surface area contributed by atoms with Gasteiger partial charge < -0.3 is 14.5 Å². The number of carbonyl (C=O) groups excluding carboxylic acids is 3. The minimum atomic E-state index is -0.431. The lowest BCUT2D eigenvalue weighted by Crippen LogP contribution is -2.36. The van der Waals surface area contributed by atoms with Crippen molar-refractivity contribution in [2.75, 3.05) is 26.2 Å². The summed E-state index contributed by atoms with van der Waals surface area (Å²) >= 11 is 3.42. The van der Waals surface area contributed by atoms with Crippen LogP contribution in [0.15, 0.2) is 59.1 Å². The van der Waals surface area contributed by atoms with E-state index in [9.17, 15) is 14.4 Å². The first-order chi connectivity index (χ1) is 14.4. The summed E-state index contributed by atoms with van der Waals surface area (Å²) in [4.78, 5) is 40.1. The topological polar surface area (TPSA) is 66.9 Å². The highest BCUT2D eigenvalue weighted by atomic mass is 79.9. The van der Waals surface area contributed by atoms with E-state index >= 15 is 0 Å². The van der Waals surface area contributed by atoms with Crippen molar-refractivity contribution in [2.24, 2.45) is 0 Å². The summed E-state index contributed by atoms with van der Waals surface area (Å²) in [6.45, 7) is 3.40. The summed E-state index contributed by atoms with van der Waals surface area (Å²) < 4.78 is 6.02. The minimum absolute atomic E-state index is 0.0684. The van der Waals surface area contributed by atoms with Crippen molar-refractivity contribution in [3.63, 3.8) is 0 Å². The number of nitrogens with zero attached hydrogens (tertiary/aromatic N) is 2. The molecular weight excluding hydrogens is 448 g/mol. The van der Waals surface area contributed by atoms with Crippen LogP contribution in [0.2, 0.25) is 0 Å². The highest BCUT2D eigenvalue weighted by Crippen LogP contribution is 2.17. The van der Waals surface area contributed by atoms with Gasteiger partial charge in [0.1, 0.15) is 5.75 Å². The molecule has 1 aliphatic rings. The summed E-state index contributed by atoms with van der Waals surface area (Å²) in [7, 11) is 0. The van der Waals surface area contributed by atoms with Crippen LogP contribution in [0.4, 0.5) is 0 Å². The van der Waals surface area contributed by atoms with Crippen LogP contribution in [0.1, 0.15) is 29.3 Å². The maximum Gasteiger partial charge on any atom is 0.308 e. The number of esters is 1. The molecule has 6 nitrogen and oxygen atoms in total. The SMILES string of the molecule is CC(=O)Oc1cccc(C(=O)N2CCCN(C(=O)/C=C/c3cccc(Br)c3)CC2)c1. The van der Waals surface area contributed by atoms with Gasteiger partial charge in [-0.2, -0.15) is 0 Å². The second-order valence-corrected chi connectivity index (χ2v) is 7.90. The number of rotatable bonds is 4. The van der Waals surface area contributed by atoms with E-state index in [1.807, 2.05) is 24.3 Å². The number of benzene rings is 2. The molecule has 0 saturated carbocycles.